The van der Waals surface area contributed by atoms with E-state index in [9.17, 15) is 4.79 Å². The number of carbonyl (C=O) groups is 1. The van der Waals surface area contributed by atoms with Crippen LogP contribution in [-0.4, -0.2) is 47.7 Å². The molecule has 10 nitrogen and oxygen atoms in total. The Hall–Kier alpha value is -3.24. The summed E-state index contributed by atoms with van der Waals surface area (Å²) in [5, 5.41) is 11.2. The number of ether oxygens (including phenoxy) is 2. The van der Waals surface area contributed by atoms with Gasteiger partial charge in [0, 0.05) is 23.3 Å². The summed E-state index contributed by atoms with van der Waals surface area (Å²) in [5.74, 6) is 1.79. The third-order valence-electron chi connectivity index (χ3n) is 6.15. The summed E-state index contributed by atoms with van der Waals surface area (Å²) in [4.78, 5) is 26.3. The van der Waals surface area contributed by atoms with Crippen LogP contribution in [0.15, 0.2) is 36.7 Å². The zero-order valence-corrected chi connectivity index (χ0v) is 21.3. The van der Waals surface area contributed by atoms with E-state index in [1.165, 1.54) is 5.06 Å². The van der Waals surface area contributed by atoms with Crippen LogP contribution in [0.25, 0.3) is 5.69 Å². The second-order valence-electron chi connectivity index (χ2n) is 10.1. The Balaban J connectivity index is 1.36. The van der Waals surface area contributed by atoms with Crippen molar-refractivity contribution < 1.29 is 19.1 Å². The van der Waals surface area contributed by atoms with Gasteiger partial charge in [0.15, 0.2) is 5.82 Å². The highest BCUT2D eigenvalue weighted by molar-refractivity contribution is 6.30. The predicted molar refractivity (Wildman–Crippen MR) is 131 cm³/mol. The van der Waals surface area contributed by atoms with Crippen molar-refractivity contribution in [2.45, 2.75) is 77.2 Å². The van der Waals surface area contributed by atoms with E-state index in [0.717, 1.165) is 42.8 Å². The second-order valence-corrected chi connectivity index (χ2v) is 10.5. The van der Waals surface area contributed by atoms with E-state index in [1.54, 1.807) is 39.2 Å². The van der Waals surface area contributed by atoms with E-state index in [0.29, 0.717) is 23.4 Å². The molecule has 0 N–H and O–H groups in total. The molecule has 2 aliphatic rings. The number of rotatable bonds is 4. The Kier molecular flexibility index (Phi) is 6.81. The highest BCUT2D eigenvalue weighted by Gasteiger charge is 2.32. The first-order chi connectivity index (χ1) is 17.2. The van der Waals surface area contributed by atoms with E-state index in [-0.39, 0.29) is 18.6 Å². The Morgan fingerprint density at radius 1 is 1.06 bits per heavy atom. The van der Waals surface area contributed by atoms with Gasteiger partial charge in [0.1, 0.15) is 17.5 Å². The summed E-state index contributed by atoms with van der Waals surface area (Å²) in [7, 11) is 0. The maximum absolute atomic E-state index is 12.4. The van der Waals surface area contributed by atoms with Gasteiger partial charge in [-0.05, 0) is 76.3 Å². The molecule has 0 amide bonds. The van der Waals surface area contributed by atoms with Crippen LogP contribution >= 0.6 is 11.6 Å². The maximum atomic E-state index is 12.4. The summed E-state index contributed by atoms with van der Waals surface area (Å²) in [6, 6.07) is 7.88. The molecule has 1 fully saturated rings. The smallest absolute Gasteiger partial charge is 0.460 e. The van der Waals surface area contributed by atoms with Gasteiger partial charge in [-0.2, -0.15) is 0 Å². The van der Waals surface area contributed by atoms with E-state index in [4.69, 9.17) is 25.9 Å². The molecule has 0 atom stereocenters. The van der Waals surface area contributed by atoms with Crippen molar-refractivity contribution in [3.8, 4) is 11.7 Å². The Bertz CT molecular complexity index is 1220. The molecule has 3 aromatic rings. The lowest BCUT2D eigenvalue weighted by molar-refractivity contribution is -0.155. The van der Waals surface area contributed by atoms with Crippen molar-refractivity contribution in [2.24, 2.45) is 0 Å². The van der Waals surface area contributed by atoms with E-state index < -0.39 is 11.8 Å². The fraction of sp³-hybridized carbons (Fsp3) is 0.480. The van der Waals surface area contributed by atoms with Crippen molar-refractivity contribution in [1.82, 2.24) is 29.8 Å². The Morgan fingerprint density at radius 2 is 1.81 bits per heavy atom. The molecule has 190 valence electrons. The number of carbonyl (C=O) groups excluding carboxylic acids is 1. The van der Waals surface area contributed by atoms with E-state index in [2.05, 4.69) is 24.7 Å². The van der Waals surface area contributed by atoms with Gasteiger partial charge in [0.25, 0.3) is 0 Å². The van der Waals surface area contributed by atoms with Gasteiger partial charge in [-0.15, -0.1) is 15.3 Å². The third-order valence-corrected chi connectivity index (χ3v) is 6.38. The van der Waals surface area contributed by atoms with Crippen LogP contribution in [-0.2, 0) is 22.7 Å². The molecule has 5 rings (SSSR count). The van der Waals surface area contributed by atoms with Crippen LogP contribution in [0, 0.1) is 0 Å². The number of nitrogens with zero attached hydrogens (tertiary/aromatic N) is 6. The minimum atomic E-state index is -0.764. The molecule has 1 saturated carbocycles. The highest BCUT2D eigenvalue weighted by Crippen LogP contribution is 2.37. The summed E-state index contributed by atoms with van der Waals surface area (Å²) in [6.45, 7) is 5.99. The van der Waals surface area contributed by atoms with Crippen LogP contribution in [0.5, 0.6) is 6.01 Å². The molecular weight excluding hydrogens is 484 g/mol. The summed E-state index contributed by atoms with van der Waals surface area (Å²) in [5.41, 5.74) is 1.18. The number of fused-ring (bicyclic) bond motifs is 3. The molecule has 0 bridgehead atoms. The van der Waals surface area contributed by atoms with Crippen LogP contribution in [0.3, 0.4) is 0 Å². The summed E-state index contributed by atoms with van der Waals surface area (Å²) >= 11 is 6.33. The molecule has 0 radical (unpaired) electrons. The van der Waals surface area contributed by atoms with Gasteiger partial charge in [0.2, 0.25) is 0 Å². The minimum absolute atomic E-state index is 0.0685. The number of benzene rings is 1. The average molecular weight is 513 g/mol. The van der Waals surface area contributed by atoms with Gasteiger partial charge in [-0.1, -0.05) is 11.6 Å². The molecule has 11 heteroatoms. The average Bonchev–Trinajstić information content (AvgIpc) is 3.15. The van der Waals surface area contributed by atoms with Crippen molar-refractivity contribution in [2.75, 3.05) is 0 Å². The van der Waals surface area contributed by atoms with Gasteiger partial charge in [-0.25, -0.2) is 14.8 Å². The molecule has 1 aromatic carbocycles. The minimum Gasteiger partial charge on any atom is -0.460 e. The standard InChI is InChI=1S/C25H29ClN6O4/c1-25(2,3)35-24(33)36-31-14-17-13-18(26)7-10-20(17)32-21(15-31)29-30-22(32)16-5-8-19(9-6-16)34-23-27-11-4-12-28-23/h4,7,10-13,16,19H,5-6,8-9,14-15H2,1-3H3/t16-,19-. The fourth-order valence-corrected chi connectivity index (χ4v) is 4.83. The van der Waals surface area contributed by atoms with Crippen LogP contribution < -0.4 is 4.74 Å². The molecule has 3 heterocycles. The lowest BCUT2D eigenvalue weighted by Gasteiger charge is -2.28. The molecular formula is C25H29ClN6O4. The third kappa shape index (κ3) is 5.60. The lowest BCUT2D eigenvalue weighted by Crippen LogP contribution is -2.31. The van der Waals surface area contributed by atoms with E-state index >= 15 is 0 Å². The fourth-order valence-electron chi connectivity index (χ4n) is 4.63. The maximum Gasteiger partial charge on any atom is 0.528 e. The number of halogens is 1. The van der Waals surface area contributed by atoms with Crippen molar-refractivity contribution >= 4 is 17.8 Å². The first-order valence-corrected chi connectivity index (χ1v) is 12.5. The number of aromatic nitrogens is 5. The molecule has 0 spiro atoms. The molecule has 36 heavy (non-hydrogen) atoms. The quantitative estimate of drug-likeness (QED) is 0.446. The number of hydrogen-bond acceptors (Lipinski definition) is 9. The Labute approximate surface area is 214 Å². The van der Waals surface area contributed by atoms with Crippen molar-refractivity contribution in [3.05, 3.63) is 58.9 Å². The first-order valence-electron chi connectivity index (χ1n) is 12.1. The lowest BCUT2D eigenvalue weighted by atomic mass is 9.86. The van der Waals surface area contributed by atoms with Gasteiger partial charge in [0.05, 0.1) is 18.8 Å². The molecule has 1 aliphatic heterocycles. The van der Waals surface area contributed by atoms with Gasteiger partial charge < -0.3 is 14.3 Å². The zero-order valence-electron chi connectivity index (χ0n) is 20.6. The number of hydrogen-bond donors (Lipinski definition) is 0. The Morgan fingerprint density at radius 3 is 2.53 bits per heavy atom. The first kappa shape index (κ1) is 24.5. The van der Waals surface area contributed by atoms with Crippen molar-refractivity contribution in [1.29, 1.82) is 0 Å². The molecule has 2 aromatic heterocycles. The largest absolute Gasteiger partial charge is 0.528 e. The molecule has 0 saturated heterocycles. The molecule has 1 aliphatic carbocycles. The highest BCUT2D eigenvalue weighted by atomic mass is 35.5. The van der Waals surface area contributed by atoms with Gasteiger partial charge in [-0.3, -0.25) is 4.57 Å². The predicted octanol–water partition coefficient (Wildman–Crippen LogP) is 5.00. The summed E-state index contributed by atoms with van der Waals surface area (Å²) in [6.07, 6.45) is 6.20. The topological polar surface area (TPSA) is 104 Å². The monoisotopic (exact) mass is 512 g/mol. The van der Waals surface area contributed by atoms with E-state index in [1.807, 2.05) is 18.2 Å². The number of hydroxylamine groups is 2. The van der Waals surface area contributed by atoms with Crippen LogP contribution in [0.2, 0.25) is 5.02 Å². The summed E-state index contributed by atoms with van der Waals surface area (Å²) < 4.78 is 13.4. The van der Waals surface area contributed by atoms with Crippen LogP contribution in [0.1, 0.15) is 69.6 Å². The second kappa shape index (κ2) is 10.0. The normalized spacial score (nSPS) is 20.1. The van der Waals surface area contributed by atoms with Crippen molar-refractivity contribution in [3.63, 3.8) is 0 Å². The molecule has 0 unspecified atom stereocenters. The SMILES string of the molecule is CC(C)(C)OC(=O)ON1Cc2cc(Cl)ccc2-n2c(nnc2[C@H]2CC[C@H](Oc3ncccn3)CC2)C1. The van der Waals surface area contributed by atoms with Crippen LogP contribution in [0.4, 0.5) is 4.79 Å². The van der Waals surface area contributed by atoms with Gasteiger partial charge >= 0.3 is 12.2 Å². The zero-order chi connectivity index (χ0) is 25.3.